The van der Waals surface area contributed by atoms with E-state index in [9.17, 15) is 4.79 Å². The molecule has 0 aliphatic rings. The molecule has 0 radical (unpaired) electrons. The number of hydroxylamine groups is 1. The van der Waals surface area contributed by atoms with Gasteiger partial charge in [-0.2, -0.15) is 0 Å². The van der Waals surface area contributed by atoms with Gasteiger partial charge in [-0.15, -0.1) is 11.3 Å². The highest BCUT2D eigenvalue weighted by Gasteiger charge is 2.19. The molecule has 3 N–H and O–H groups in total. The van der Waals surface area contributed by atoms with Crippen molar-refractivity contribution < 1.29 is 14.7 Å². The Morgan fingerprint density at radius 2 is 1.96 bits per heavy atom. The van der Waals surface area contributed by atoms with Crippen LogP contribution < -0.4 is 10.8 Å². The van der Waals surface area contributed by atoms with E-state index < -0.39 is 0 Å². The van der Waals surface area contributed by atoms with Crippen molar-refractivity contribution in [3.05, 3.63) is 53.2 Å². The van der Waals surface area contributed by atoms with Crippen LogP contribution in [0.5, 0.6) is 0 Å². The lowest BCUT2D eigenvalue weighted by atomic mass is 10.2. The van der Waals surface area contributed by atoms with Crippen molar-refractivity contribution in [3.8, 4) is 0 Å². The Bertz CT molecular complexity index is 863. The second kappa shape index (κ2) is 10.6. The molecule has 2 aromatic heterocycles. The maximum atomic E-state index is 12.5. The van der Waals surface area contributed by atoms with Gasteiger partial charge >= 0.3 is 0 Å². The van der Waals surface area contributed by atoms with Gasteiger partial charge in [-0.3, -0.25) is 14.6 Å². The first kappa shape index (κ1) is 20.8. The van der Waals surface area contributed by atoms with E-state index in [-0.39, 0.29) is 19.1 Å². The molecule has 0 spiro atoms. The number of hydrogen-bond donors (Lipinski definition) is 3. The molecule has 0 saturated heterocycles. The summed E-state index contributed by atoms with van der Waals surface area (Å²) in [6, 6.07) is 9.83. The zero-order valence-electron chi connectivity index (χ0n) is 15.8. The molecule has 144 valence electrons. The Balaban J connectivity index is 0.00000126. The summed E-state index contributed by atoms with van der Waals surface area (Å²) in [4.78, 5) is 22.3. The van der Waals surface area contributed by atoms with E-state index in [2.05, 4.69) is 15.8 Å². The van der Waals surface area contributed by atoms with Crippen LogP contribution in [0.2, 0.25) is 0 Å². The predicted octanol–water partition coefficient (Wildman–Crippen LogP) is 4.42. The number of amides is 1. The molecule has 2 heterocycles. The average molecular weight is 388 g/mol. The van der Waals surface area contributed by atoms with E-state index >= 15 is 0 Å². The third kappa shape index (κ3) is 5.50. The van der Waals surface area contributed by atoms with Gasteiger partial charge in [-0.25, -0.2) is 5.48 Å². The standard InChI is InChI=1S/C18H19N3O3S.C2H6/c1-12-3-5-13(6-4-12)20-16-14-11-19-8-7-15(14)25-17(16)18(23)21-24-10-2-9-22;1-2/h3-8,11,20,22H,2,9-10H2,1H3,(H,21,23);1-2H3. The number of nitrogens with zero attached hydrogens (tertiary/aromatic N) is 1. The summed E-state index contributed by atoms with van der Waals surface area (Å²) < 4.78 is 0.963. The number of aliphatic hydroxyl groups is 1. The SMILES string of the molecule is CC.Cc1ccc(Nc2c(C(=O)NOCCCO)sc3ccncc23)cc1. The second-order valence-electron chi connectivity index (χ2n) is 5.53. The summed E-state index contributed by atoms with van der Waals surface area (Å²) in [5, 5.41) is 13.0. The Kier molecular flexibility index (Phi) is 8.19. The van der Waals surface area contributed by atoms with E-state index in [1.165, 1.54) is 11.3 Å². The maximum Gasteiger partial charge on any atom is 0.287 e. The number of carbonyl (C=O) groups is 1. The number of anilines is 2. The molecule has 0 aliphatic heterocycles. The minimum Gasteiger partial charge on any atom is -0.396 e. The molecular weight excluding hydrogens is 362 g/mol. The molecule has 3 aromatic rings. The minimum absolute atomic E-state index is 0.0185. The first-order valence-electron chi connectivity index (χ1n) is 8.92. The van der Waals surface area contributed by atoms with Gasteiger partial charge in [0.1, 0.15) is 4.88 Å². The number of fused-ring (bicyclic) bond motifs is 1. The van der Waals surface area contributed by atoms with E-state index in [1.54, 1.807) is 12.4 Å². The molecule has 1 aromatic carbocycles. The largest absolute Gasteiger partial charge is 0.396 e. The topological polar surface area (TPSA) is 83.5 Å². The molecule has 0 fully saturated rings. The van der Waals surface area contributed by atoms with Crippen LogP contribution in [-0.4, -0.2) is 29.2 Å². The van der Waals surface area contributed by atoms with Crippen LogP contribution in [0.25, 0.3) is 10.1 Å². The first-order valence-corrected chi connectivity index (χ1v) is 9.74. The van der Waals surface area contributed by atoms with Crippen molar-refractivity contribution in [2.45, 2.75) is 27.2 Å². The Labute approximate surface area is 163 Å². The fourth-order valence-electron chi connectivity index (χ4n) is 2.31. The fourth-order valence-corrected chi connectivity index (χ4v) is 3.32. The average Bonchev–Trinajstić information content (AvgIpc) is 3.07. The number of aryl methyl sites for hydroxylation is 1. The number of aliphatic hydroxyl groups excluding tert-OH is 1. The molecule has 1 amide bonds. The highest BCUT2D eigenvalue weighted by Crippen LogP contribution is 2.37. The zero-order chi connectivity index (χ0) is 19.6. The van der Waals surface area contributed by atoms with Gasteiger partial charge in [0.25, 0.3) is 5.91 Å². The van der Waals surface area contributed by atoms with Crippen molar-refractivity contribution in [3.63, 3.8) is 0 Å². The molecule has 27 heavy (non-hydrogen) atoms. The first-order chi connectivity index (χ1) is 13.2. The number of thiophene rings is 1. The smallest absolute Gasteiger partial charge is 0.287 e. The number of nitrogens with one attached hydrogen (secondary N) is 2. The number of hydrogen-bond acceptors (Lipinski definition) is 6. The van der Waals surface area contributed by atoms with Gasteiger partial charge < -0.3 is 10.4 Å². The second-order valence-corrected chi connectivity index (χ2v) is 6.58. The molecule has 0 unspecified atom stereocenters. The van der Waals surface area contributed by atoms with E-state index in [4.69, 9.17) is 9.94 Å². The van der Waals surface area contributed by atoms with E-state index in [0.29, 0.717) is 17.0 Å². The lowest BCUT2D eigenvalue weighted by molar-refractivity contribution is 0.0266. The van der Waals surface area contributed by atoms with Gasteiger partial charge in [0.15, 0.2) is 0 Å². The summed E-state index contributed by atoms with van der Waals surface area (Å²) in [5.41, 5.74) is 5.20. The van der Waals surface area contributed by atoms with E-state index in [0.717, 1.165) is 21.3 Å². The van der Waals surface area contributed by atoms with E-state index in [1.807, 2.05) is 51.1 Å². The van der Waals surface area contributed by atoms with Gasteiger partial charge in [-0.05, 0) is 31.5 Å². The summed E-state index contributed by atoms with van der Waals surface area (Å²) in [7, 11) is 0. The molecule has 6 nitrogen and oxygen atoms in total. The Hall–Kier alpha value is -2.48. The van der Waals surface area contributed by atoms with Crippen LogP contribution in [0.15, 0.2) is 42.7 Å². The van der Waals surface area contributed by atoms with Crippen LogP contribution in [0.1, 0.15) is 35.5 Å². The van der Waals surface area contributed by atoms with Crippen LogP contribution in [0.3, 0.4) is 0 Å². The highest BCUT2D eigenvalue weighted by atomic mass is 32.1. The molecule has 0 aliphatic carbocycles. The van der Waals surface area contributed by atoms with Crippen LogP contribution in [0, 0.1) is 6.92 Å². The number of benzene rings is 1. The van der Waals surface area contributed by atoms with Crippen molar-refractivity contribution in [1.82, 2.24) is 10.5 Å². The fraction of sp³-hybridized carbons (Fsp3) is 0.300. The number of pyridine rings is 1. The predicted molar refractivity (Wildman–Crippen MR) is 111 cm³/mol. The molecule has 3 rings (SSSR count). The van der Waals surface area contributed by atoms with Gasteiger partial charge in [0.05, 0.1) is 12.3 Å². The summed E-state index contributed by atoms with van der Waals surface area (Å²) in [5.74, 6) is -0.325. The number of aromatic nitrogens is 1. The lowest BCUT2D eigenvalue weighted by Crippen LogP contribution is -2.24. The van der Waals surface area contributed by atoms with Crippen molar-refractivity contribution in [1.29, 1.82) is 0 Å². The van der Waals surface area contributed by atoms with Crippen LogP contribution >= 0.6 is 11.3 Å². The molecule has 0 atom stereocenters. The quantitative estimate of drug-likeness (QED) is 0.413. The number of carbonyl (C=O) groups excluding carboxylic acids is 1. The van der Waals surface area contributed by atoms with Crippen LogP contribution in [0.4, 0.5) is 11.4 Å². The van der Waals surface area contributed by atoms with Gasteiger partial charge in [0.2, 0.25) is 0 Å². The summed E-state index contributed by atoms with van der Waals surface area (Å²) in [6.45, 7) is 6.30. The van der Waals surface area contributed by atoms with Crippen molar-refractivity contribution >= 4 is 38.7 Å². The van der Waals surface area contributed by atoms with Crippen molar-refractivity contribution in [2.75, 3.05) is 18.5 Å². The van der Waals surface area contributed by atoms with Gasteiger partial charge in [0, 0.05) is 34.8 Å². The minimum atomic E-state index is -0.325. The third-order valence-electron chi connectivity index (χ3n) is 3.59. The third-order valence-corrected chi connectivity index (χ3v) is 4.76. The molecule has 0 saturated carbocycles. The molecule has 0 bridgehead atoms. The van der Waals surface area contributed by atoms with Crippen LogP contribution in [-0.2, 0) is 4.84 Å². The number of rotatable bonds is 7. The normalized spacial score (nSPS) is 10.2. The summed E-state index contributed by atoms with van der Waals surface area (Å²) >= 11 is 1.37. The lowest BCUT2D eigenvalue weighted by Gasteiger charge is -2.09. The monoisotopic (exact) mass is 387 g/mol. The Morgan fingerprint density at radius 3 is 2.67 bits per heavy atom. The Morgan fingerprint density at radius 1 is 1.22 bits per heavy atom. The molecular formula is C20H25N3O3S. The summed E-state index contributed by atoms with van der Waals surface area (Å²) in [6.07, 6.45) is 3.91. The maximum absolute atomic E-state index is 12.5. The zero-order valence-corrected chi connectivity index (χ0v) is 16.6. The van der Waals surface area contributed by atoms with Crippen molar-refractivity contribution in [2.24, 2.45) is 0 Å². The highest BCUT2D eigenvalue weighted by molar-refractivity contribution is 7.21. The van der Waals surface area contributed by atoms with Gasteiger partial charge in [-0.1, -0.05) is 31.5 Å². The molecule has 7 heteroatoms.